The van der Waals surface area contributed by atoms with Crippen LogP contribution in [0.5, 0.6) is 11.5 Å². The molecule has 0 radical (unpaired) electrons. The minimum Gasteiger partial charge on any atom is -0.493 e. The van der Waals surface area contributed by atoms with E-state index in [0.717, 1.165) is 16.8 Å². The van der Waals surface area contributed by atoms with Gasteiger partial charge in [0.1, 0.15) is 5.56 Å². The molecular formula is C20H15N3O7S2. The second kappa shape index (κ2) is 9.58. The molecule has 1 aliphatic heterocycles. The Hall–Kier alpha value is -3.77. The zero-order valence-corrected chi connectivity index (χ0v) is 18.3. The Labute approximate surface area is 191 Å². The molecule has 0 atom stereocenters. The van der Waals surface area contributed by atoms with Crippen molar-refractivity contribution < 1.29 is 29.1 Å². The van der Waals surface area contributed by atoms with E-state index in [1.54, 1.807) is 6.07 Å². The smallest absolute Gasteiger partial charge is 0.340 e. The molecule has 1 fully saturated rings. The molecule has 0 saturated carbocycles. The summed E-state index contributed by atoms with van der Waals surface area (Å²) in [4.78, 5) is 35.1. The molecule has 1 amide bonds. The van der Waals surface area contributed by atoms with Crippen LogP contribution < -0.4 is 9.47 Å². The van der Waals surface area contributed by atoms with Crippen LogP contribution in [0.1, 0.15) is 21.5 Å². The number of hydrogen-bond donors (Lipinski definition) is 1. The number of nitro benzene ring substituents is 1. The van der Waals surface area contributed by atoms with Gasteiger partial charge in [-0.1, -0.05) is 30.0 Å². The van der Waals surface area contributed by atoms with Crippen molar-refractivity contribution in [1.82, 2.24) is 5.01 Å². The summed E-state index contributed by atoms with van der Waals surface area (Å²) in [7, 11) is 2.70. The third-order valence-corrected chi connectivity index (χ3v) is 5.54. The second-order valence-corrected chi connectivity index (χ2v) is 7.84. The highest BCUT2D eigenvalue weighted by molar-refractivity contribution is 8.26. The SMILES string of the molecule is COc1ccc(/C=C2/SC(=S)N(/N=C/c3cccc([N+](=O)[O-])c3)C2=O)c(C(=O)O)c1OC. The molecule has 164 valence electrons. The number of thioether (sulfide) groups is 1. The number of carbonyl (C=O) groups excluding carboxylic acids is 1. The summed E-state index contributed by atoms with van der Waals surface area (Å²) in [6, 6.07) is 8.74. The number of carboxylic acid groups (broad SMARTS) is 1. The number of hydrogen-bond acceptors (Lipinski definition) is 9. The topological polar surface area (TPSA) is 132 Å². The first-order valence-corrected chi connectivity index (χ1v) is 10.0. The average molecular weight is 473 g/mol. The summed E-state index contributed by atoms with van der Waals surface area (Å²) in [5, 5.41) is 25.6. The number of rotatable bonds is 7. The van der Waals surface area contributed by atoms with Gasteiger partial charge in [0, 0.05) is 17.7 Å². The van der Waals surface area contributed by atoms with E-state index in [1.807, 2.05) is 0 Å². The maximum absolute atomic E-state index is 12.8. The number of carboxylic acids is 1. The molecule has 10 nitrogen and oxygen atoms in total. The van der Waals surface area contributed by atoms with Crippen LogP contribution in [0.25, 0.3) is 6.08 Å². The fraction of sp³-hybridized carbons (Fsp3) is 0.100. The summed E-state index contributed by atoms with van der Waals surface area (Å²) in [6.45, 7) is 0. The van der Waals surface area contributed by atoms with Gasteiger partial charge in [0.25, 0.3) is 11.6 Å². The van der Waals surface area contributed by atoms with Crippen molar-refractivity contribution in [2.75, 3.05) is 14.2 Å². The predicted molar refractivity (Wildman–Crippen MR) is 122 cm³/mol. The molecule has 2 aromatic carbocycles. The lowest BCUT2D eigenvalue weighted by atomic mass is 10.0. The highest BCUT2D eigenvalue weighted by Crippen LogP contribution is 2.38. The van der Waals surface area contributed by atoms with Crippen molar-refractivity contribution in [3.8, 4) is 11.5 Å². The van der Waals surface area contributed by atoms with Crippen molar-refractivity contribution in [2.24, 2.45) is 5.10 Å². The van der Waals surface area contributed by atoms with Gasteiger partial charge in [-0.05, 0) is 29.9 Å². The number of amides is 1. The number of ether oxygens (including phenoxy) is 2. The van der Waals surface area contributed by atoms with Crippen LogP contribution in [0.2, 0.25) is 0 Å². The number of carbonyl (C=O) groups is 2. The summed E-state index contributed by atoms with van der Waals surface area (Å²) < 4.78 is 10.4. The van der Waals surface area contributed by atoms with Gasteiger partial charge < -0.3 is 14.6 Å². The van der Waals surface area contributed by atoms with E-state index in [0.29, 0.717) is 5.56 Å². The Morgan fingerprint density at radius 1 is 1.28 bits per heavy atom. The van der Waals surface area contributed by atoms with Crippen molar-refractivity contribution in [3.63, 3.8) is 0 Å². The first kappa shape index (κ1) is 22.9. The first-order valence-electron chi connectivity index (χ1n) is 8.81. The number of aromatic carboxylic acids is 1. The maximum atomic E-state index is 12.8. The average Bonchev–Trinajstić information content (AvgIpc) is 3.03. The number of hydrazone groups is 1. The van der Waals surface area contributed by atoms with E-state index in [1.165, 1.54) is 56.8 Å². The largest absolute Gasteiger partial charge is 0.493 e. The highest BCUT2D eigenvalue weighted by atomic mass is 32.2. The lowest BCUT2D eigenvalue weighted by molar-refractivity contribution is -0.384. The monoisotopic (exact) mass is 473 g/mol. The molecule has 0 spiro atoms. The molecule has 0 aliphatic carbocycles. The lowest BCUT2D eigenvalue weighted by Crippen LogP contribution is -2.22. The minimum absolute atomic E-state index is 0.0212. The Morgan fingerprint density at radius 2 is 2.03 bits per heavy atom. The molecule has 12 heteroatoms. The van der Waals surface area contributed by atoms with Gasteiger partial charge >= 0.3 is 5.97 Å². The molecule has 3 rings (SSSR count). The third-order valence-electron chi connectivity index (χ3n) is 4.25. The summed E-state index contributed by atoms with van der Waals surface area (Å²) >= 11 is 6.16. The Balaban J connectivity index is 1.93. The third kappa shape index (κ3) is 4.60. The van der Waals surface area contributed by atoms with Crippen LogP contribution in [0.3, 0.4) is 0 Å². The van der Waals surface area contributed by atoms with E-state index in [4.69, 9.17) is 21.7 Å². The van der Waals surface area contributed by atoms with Gasteiger partial charge in [0.05, 0.1) is 30.3 Å². The van der Waals surface area contributed by atoms with Gasteiger partial charge in [-0.15, -0.1) is 0 Å². The summed E-state index contributed by atoms with van der Waals surface area (Å²) in [6.07, 6.45) is 2.66. The predicted octanol–water partition coefficient (Wildman–Crippen LogP) is 3.55. The minimum atomic E-state index is -1.26. The Bertz CT molecular complexity index is 1190. The van der Waals surface area contributed by atoms with Gasteiger partial charge in [0.2, 0.25) is 0 Å². The quantitative estimate of drug-likeness (QED) is 0.211. The zero-order valence-electron chi connectivity index (χ0n) is 16.7. The molecule has 0 bridgehead atoms. The molecular weight excluding hydrogens is 458 g/mol. The molecule has 0 aromatic heterocycles. The van der Waals surface area contributed by atoms with Gasteiger partial charge in [0.15, 0.2) is 15.8 Å². The van der Waals surface area contributed by atoms with E-state index < -0.39 is 16.8 Å². The molecule has 1 heterocycles. The van der Waals surface area contributed by atoms with Gasteiger partial charge in [-0.25, -0.2) is 4.79 Å². The fourth-order valence-corrected chi connectivity index (χ4v) is 3.99. The van der Waals surface area contributed by atoms with Crippen LogP contribution in [-0.4, -0.2) is 51.7 Å². The van der Waals surface area contributed by atoms with Crippen LogP contribution in [0.4, 0.5) is 5.69 Å². The standard InChI is InChI=1S/C20H15N3O7S2/c1-29-14-7-6-12(16(19(25)26)17(14)30-2)9-15-18(24)22(20(31)32-15)21-10-11-4-3-5-13(8-11)23(27)28/h3-10H,1-2H3,(H,25,26)/b15-9+,21-10+. The van der Waals surface area contributed by atoms with Crippen LogP contribution in [0, 0.1) is 10.1 Å². The summed E-state index contributed by atoms with van der Waals surface area (Å²) in [5.41, 5.74) is 0.342. The lowest BCUT2D eigenvalue weighted by Gasteiger charge is -2.12. The number of thiocarbonyl (C=S) groups is 1. The van der Waals surface area contributed by atoms with Crippen LogP contribution >= 0.6 is 24.0 Å². The van der Waals surface area contributed by atoms with Crippen molar-refractivity contribution in [3.05, 3.63) is 68.1 Å². The number of non-ortho nitro benzene ring substituents is 1. The van der Waals surface area contributed by atoms with Crippen molar-refractivity contribution >= 4 is 58.2 Å². The molecule has 1 N–H and O–H groups in total. The molecule has 0 unspecified atom stereocenters. The molecule has 32 heavy (non-hydrogen) atoms. The van der Waals surface area contributed by atoms with Crippen molar-refractivity contribution in [1.29, 1.82) is 0 Å². The molecule has 2 aromatic rings. The normalized spacial score (nSPS) is 14.9. The maximum Gasteiger partial charge on any atom is 0.340 e. The van der Waals surface area contributed by atoms with E-state index in [-0.39, 0.29) is 37.5 Å². The Kier molecular flexibility index (Phi) is 6.85. The van der Waals surface area contributed by atoms with Crippen LogP contribution in [0.15, 0.2) is 46.4 Å². The van der Waals surface area contributed by atoms with Crippen LogP contribution in [-0.2, 0) is 4.79 Å². The number of nitro groups is 1. The number of nitrogens with zero attached hydrogens (tertiary/aromatic N) is 3. The van der Waals surface area contributed by atoms with E-state index >= 15 is 0 Å². The zero-order chi connectivity index (χ0) is 23.4. The molecule has 1 saturated heterocycles. The second-order valence-electron chi connectivity index (χ2n) is 6.16. The number of benzene rings is 2. The Morgan fingerprint density at radius 3 is 2.66 bits per heavy atom. The summed E-state index contributed by atoms with van der Waals surface area (Å²) in [5.74, 6) is -1.57. The fourth-order valence-electron chi connectivity index (χ4n) is 2.83. The van der Waals surface area contributed by atoms with Gasteiger partial charge in [-0.3, -0.25) is 14.9 Å². The van der Waals surface area contributed by atoms with E-state index in [2.05, 4.69) is 5.10 Å². The highest BCUT2D eigenvalue weighted by Gasteiger charge is 2.33. The molecule has 1 aliphatic rings. The van der Waals surface area contributed by atoms with E-state index in [9.17, 15) is 24.8 Å². The van der Waals surface area contributed by atoms with Crippen molar-refractivity contribution in [2.45, 2.75) is 0 Å². The first-order chi connectivity index (χ1) is 15.3. The number of methoxy groups -OCH3 is 2. The van der Waals surface area contributed by atoms with Gasteiger partial charge in [-0.2, -0.15) is 10.1 Å².